The van der Waals surface area contributed by atoms with Gasteiger partial charge in [-0.2, -0.15) is 13.8 Å². The topological polar surface area (TPSA) is 69.5 Å². The van der Waals surface area contributed by atoms with Gasteiger partial charge < -0.3 is 18.9 Å². The summed E-state index contributed by atoms with van der Waals surface area (Å²) in [5.74, 6) is -1.30. The summed E-state index contributed by atoms with van der Waals surface area (Å²) in [5, 5.41) is 0. The summed E-state index contributed by atoms with van der Waals surface area (Å²) >= 11 is 0. The largest absolute Gasteiger partial charge is 0.495 e. The maximum atomic E-state index is 14.5. The molecule has 5 rings (SSSR count). The molecule has 0 N–H and O–H groups in total. The van der Waals surface area contributed by atoms with Crippen LogP contribution in [0.2, 0.25) is 0 Å². The fourth-order valence-corrected chi connectivity index (χ4v) is 4.71. The monoisotopic (exact) mass is 466 g/mol. The van der Waals surface area contributed by atoms with Crippen LogP contribution in [0.25, 0.3) is 11.8 Å². The zero-order valence-electron chi connectivity index (χ0n) is 18.9. The number of morpholine rings is 1. The van der Waals surface area contributed by atoms with Gasteiger partial charge in [0.15, 0.2) is 5.76 Å². The Morgan fingerprint density at radius 2 is 2.06 bits per heavy atom. The van der Waals surface area contributed by atoms with Crippen LogP contribution >= 0.6 is 0 Å². The van der Waals surface area contributed by atoms with Gasteiger partial charge in [0.25, 0.3) is 5.91 Å². The summed E-state index contributed by atoms with van der Waals surface area (Å²) in [5.41, 5.74) is 2.65. The molecule has 7 nitrogen and oxygen atoms in total. The van der Waals surface area contributed by atoms with E-state index < -0.39 is 17.9 Å². The predicted octanol–water partition coefficient (Wildman–Crippen LogP) is 4.36. The van der Waals surface area contributed by atoms with Crippen molar-refractivity contribution in [1.82, 2.24) is 19.4 Å². The standard InChI is InChI=1S/C25H24F2N4O3/c1-15-12-30(14-28-15)20-8-6-16(10-21(20)33-2)11-22-25(32)31-17(13-34-22)4-3-5-19(31)18-7-9-23(26)29-24(18)27/h6-12,14,17,19H,3-5,13H2,1-2H3/b22-11-/t17-,19+/m1/s1. The van der Waals surface area contributed by atoms with Crippen LogP contribution in [0.5, 0.6) is 5.75 Å². The van der Waals surface area contributed by atoms with Gasteiger partial charge in [-0.3, -0.25) is 4.79 Å². The second-order valence-electron chi connectivity index (χ2n) is 8.50. The number of piperidine rings is 1. The highest BCUT2D eigenvalue weighted by atomic mass is 19.1. The third-order valence-corrected chi connectivity index (χ3v) is 6.31. The molecule has 2 saturated heterocycles. The lowest BCUT2D eigenvalue weighted by atomic mass is 9.90. The van der Waals surface area contributed by atoms with Crippen LogP contribution in [0, 0.1) is 18.8 Å². The molecule has 4 heterocycles. The molecule has 3 aromatic rings. The average Bonchev–Trinajstić information content (AvgIpc) is 3.26. The Kier molecular flexibility index (Phi) is 5.77. The number of amides is 1. The van der Waals surface area contributed by atoms with Crippen LogP contribution in [-0.2, 0) is 9.53 Å². The number of imidazole rings is 1. The van der Waals surface area contributed by atoms with Gasteiger partial charge in [0.2, 0.25) is 11.9 Å². The molecule has 34 heavy (non-hydrogen) atoms. The Morgan fingerprint density at radius 1 is 1.21 bits per heavy atom. The summed E-state index contributed by atoms with van der Waals surface area (Å²) in [4.78, 5) is 22.7. The van der Waals surface area contributed by atoms with Crippen molar-refractivity contribution in [1.29, 1.82) is 0 Å². The van der Waals surface area contributed by atoms with Crippen LogP contribution in [-0.4, -0.2) is 45.1 Å². The maximum absolute atomic E-state index is 14.5. The number of fused-ring (bicyclic) bond motifs is 1. The van der Waals surface area contributed by atoms with Gasteiger partial charge in [-0.05, 0) is 62.1 Å². The highest BCUT2D eigenvalue weighted by Crippen LogP contribution is 2.39. The predicted molar refractivity (Wildman–Crippen MR) is 120 cm³/mol. The number of carbonyl (C=O) groups is 1. The zero-order valence-corrected chi connectivity index (χ0v) is 18.9. The van der Waals surface area contributed by atoms with Gasteiger partial charge in [-0.25, -0.2) is 4.98 Å². The van der Waals surface area contributed by atoms with Crippen molar-refractivity contribution in [3.05, 3.63) is 77.3 Å². The van der Waals surface area contributed by atoms with Gasteiger partial charge >= 0.3 is 0 Å². The van der Waals surface area contributed by atoms with Crippen LogP contribution in [0.15, 0.2) is 48.6 Å². The minimum atomic E-state index is -0.884. The summed E-state index contributed by atoms with van der Waals surface area (Å²) in [7, 11) is 1.58. The van der Waals surface area contributed by atoms with Crippen LogP contribution in [0.3, 0.4) is 0 Å². The number of aryl methyl sites for hydroxylation is 1. The zero-order chi connectivity index (χ0) is 23.8. The fourth-order valence-electron chi connectivity index (χ4n) is 4.71. The number of nitrogens with zero attached hydrogens (tertiary/aromatic N) is 4. The van der Waals surface area contributed by atoms with Crippen LogP contribution < -0.4 is 4.74 Å². The van der Waals surface area contributed by atoms with E-state index >= 15 is 0 Å². The number of rotatable bonds is 4. The van der Waals surface area contributed by atoms with E-state index in [4.69, 9.17) is 9.47 Å². The maximum Gasteiger partial charge on any atom is 0.289 e. The summed E-state index contributed by atoms with van der Waals surface area (Å²) < 4.78 is 41.1. The molecule has 9 heteroatoms. The number of benzene rings is 1. The molecular formula is C25H24F2N4O3. The Morgan fingerprint density at radius 3 is 2.79 bits per heavy atom. The first-order valence-corrected chi connectivity index (χ1v) is 11.1. The highest BCUT2D eigenvalue weighted by molar-refractivity contribution is 5.97. The van der Waals surface area contributed by atoms with Crippen molar-refractivity contribution in [2.45, 2.75) is 38.3 Å². The van der Waals surface area contributed by atoms with Crippen molar-refractivity contribution in [2.75, 3.05) is 13.7 Å². The molecule has 0 radical (unpaired) electrons. The first-order chi connectivity index (χ1) is 16.4. The lowest BCUT2D eigenvalue weighted by Crippen LogP contribution is -2.52. The lowest BCUT2D eigenvalue weighted by Gasteiger charge is -2.45. The second-order valence-corrected chi connectivity index (χ2v) is 8.50. The summed E-state index contributed by atoms with van der Waals surface area (Å²) in [6.07, 6.45) is 7.41. The van der Waals surface area contributed by atoms with Gasteiger partial charge in [0, 0.05) is 11.8 Å². The van der Waals surface area contributed by atoms with E-state index in [2.05, 4.69) is 9.97 Å². The number of pyridine rings is 1. The molecule has 0 saturated carbocycles. The second kappa shape index (κ2) is 8.89. The molecule has 176 valence electrons. The molecule has 0 bridgehead atoms. The smallest absolute Gasteiger partial charge is 0.289 e. The van der Waals surface area contributed by atoms with Crippen LogP contribution in [0.4, 0.5) is 8.78 Å². The molecule has 1 amide bonds. The minimum absolute atomic E-state index is 0.172. The number of hydrogen-bond donors (Lipinski definition) is 0. The number of ether oxygens (including phenoxy) is 2. The van der Waals surface area contributed by atoms with Crippen molar-refractivity contribution >= 4 is 12.0 Å². The summed E-state index contributed by atoms with van der Waals surface area (Å²) in [6.45, 7) is 2.22. The van der Waals surface area contributed by atoms with Crippen molar-refractivity contribution in [2.24, 2.45) is 0 Å². The van der Waals surface area contributed by atoms with Crippen molar-refractivity contribution < 1.29 is 23.0 Å². The number of halogens is 2. The third-order valence-electron chi connectivity index (χ3n) is 6.31. The van der Waals surface area contributed by atoms with Crippen molar-refractivity contribution in [3.63, 3.8) is 0 Å². The fraction of sp³-hybridized carbons (Fsp3) is 0.320. The summed E-state index contributed by atoms with van der Waals surface area (Å²) in [6, 6.07) is 7.36. The molecule has 1 aromatic carbocycles. The van der Waals surface area contributed by atoms with Crippen LogP contribution in [0.1, 0.15) is 42.1 Å². The van der Waals surface area contributed by atoms with Gasteiger partial charge in [-0.1, -0.05) is 6.07 Å². The molecule has 2 fully saturated rings. The number of hydrogen-bond acceptors (Lipinski definition) is 5. The third kappa shape index (κ3) is 4.02. The Bertz CT molecular complexity index is 1270. The van der Waals surface area contributed by atoms with E-state index in [-0.39, 0.29) is 23.3 Å². The molecule has 0 aliphatic carbocycles. The number of carbonyl (C=O) groups excluding carboxylic acids is 1. The quantitative estimate of drug-likeness (QED) is 0.422. The Labute approximate surface area is 195 Å². The molecule has 2 atom stereocenters. The normalized spacial score (nSPS) is 21.4. The molecule has 2 aromatic heterocycles. The first kappa shape index (κ1) is 22.1. The van der Waals surface area contributed by atoms with Gasteiger partial charge in [0.05, 0.1) is 36.9 Å². The van der Waals surface area contributed by atoms with E-state index in [1.165, 1.54) is 6.07 Å². The minimum Gasteiger partial charge on any atom is -0.495 e. The van der Waals surface area contributed by atoms with E-state index in [0.29, 0.717) is 18.8 Å². The van der Waals surface area contributed by atoms with E-state index in [0.717, 1.165) is 35.9 Å². The average molecular weight is 466 g/mol. The Balaban J connectivity index is 1.46. The number of methoxy groups -OCH3 is 1. The lowest BCUT2D eigenvalue weighted by molar-refractivity contribution is -0.146. The van der Waals surface area contributed by atoms with Crippen molar-refractivity contribution in [3.8, 4) is 11.4 Å². The molecule has 2 aliphatic rings. The van der Waals surface area contributed by atoms with E-state index in [9.17, 15) is 13.6 Å². The highest BCUT2D eigenvalue weighted by Gasteiger charge is 2.41. The first-order valence-electron chi connectivity index (χ1n) is 11.1. The van der Waals surface area contributed by atoms with Gasteiger partial charge in [-0.15, -0.1) is 0 Å². The Hall–Kier alpha value is -3.75. The molecule has 0 spiro atoms. The van der Waals surface area contributed by atoms with E-state index in [1.54, 1.807) is 24.4 Å². The molecule has 2 aliphatic heterocycles. The molecular weight excluding hydrogens is 442 g/mol. The molecule has 0 unspecified atom stereocenters. The van der Waals surface area contributed by atoms with E-state index in [1.807, 2.05) is 35.9 Å². The number of aromatic nitrogens is 3. The SMILES string of the molecule is COc1cc(/C=C2\OC[C@H]3CCC[C@@H](c4ccc(F)nc4F)N3C2=O)ccc1-n1cnc(C)c1. The van der Waals surface area contributed by atoms with Gasteiger partial charge in [0.1, 0.15) is 12.4 Å².